The molecule has 0 aliphatic heterocycles. The van der Waals surface area contributed by atoms with Gasteiger partial charge in [0.15, 0.2) is 0 Å². The molecule has 0 radical (unpaired) electrons. The first kappa shape index (κ1) is 9.10. The van der Waals surface area contributed by atoms with Gasteiger partial charge in [0.1, 0.15) is 5.82 Å². The largest absolute Gasteiger partial charge is 0.382 e. The molecule has 3 nitrogen and oxygen atoms in total. The van der Waals surface area contributed by atoms with E-state index in [-0.39, 0.29) is 0 Å². The summed E-state index contributed by atoms with van der Waals surface area (Å²) in [4.78, 5) is 0. The van der Waals surface area contributed by atoms with Crippen LogP contribution in [0.4, 0.5) is 5.82 Å². The Balaban J connectivity index is 2.86. The van der Waals surface area contributed by atoms with Gasteiger partial charge in [0, 0.05) is 11.8 Å². The second-order valence-electron chi connectivity index (χ2n) is 3.15. The first-order chi connectivity index (χ1) is 5.69. The zero-order chi connectivity index (χ0) is 9.14. The third-order valence-corrected chi connectivity index (χ3v) is 2.27. The molecule has 0 saturated heterocycles. The SMILES string of the molecule is CCC(CC)n1cc(C)c(N)n1. The van der Waals surface area contributed by atoms with E-state index in [9.17, 15) is 0 Å². The van der Waals surface area contributed by atoms with Gasteiger partial charge in [0.2, 0.25) is 0 Å². The summed E-state index contributed by atoms with van der Waals surface area (Å²) >= 11 is 0. The number of nitrogens with two attached hydrogens (primary N) is 1. The lowest BCUT2D eigenvalue weighted by Gasteiger charge is -2.11. The zero-order valence-corrected chi connectivity index (χ0v) is 8.04. The summed E-state index contributed by atoms with van der Waals surface area (Å²) in [5.74, 6) is 0.655. The predicted octanol–water partition coefficient (Wildman–Crippen LogP) is 2.13. The minimum Gasteiger partial charge on any atom is -0.382 e. The number of aryl methyl sites for hydroxylation is 1. The van der Waals surface area contributed by atoms with E-state index in [0.717, 1.165) is 18.4 Å². The minimum absolute atomic E-state index is 0.501. The van der Waals surface area contributed by atoms with Gasteiger partial charge < -0.3 is 5.73 Å². The van der Waals surface area contributed by atoms with Gasteiger partial charge in [-0.3, -0.25) is 4.68 Å². The van der Waals surface area contributed by atoms with E-state index in [2.05, 4.69) is 18.9 Å². The summed E-state index contributed by atoms with van der Waals surface area (Å²) in [7, 11) is 0. The Labute approximate surface area is 73.6 Å². The summed E-state index contributed by atoms with van der Waals surface area (Å²) in [6.45, 7) is 6.32. The first-order valence-electron chi connectivity index (χ1n) is 4.50. The molecule has 68 valence electrons. The summed E-state index contributed by atoms with van der Waals surface area (Å²) in [6.07, 6.45) is 4.24. The van der Waals surface area contributed by atoms with Crippen LogP contribution in [0.15, 0.2) is 6.20 Å². The van der Waals surface area contributed by atoms with Crippen molar-refractivity contribution in [3.05, 3.63) is 11.8 Å². The Kier molecular flexibility index (Phi) is 2.74. The van der Waals surface area contributed by atoms with Crippen molar-refractivity contribution in [3.8, 4) is 0 Å². The summed E-state index contributed by atoms with van der Waals surface area (Å²) < 4.78 is 1.98. The highest BCUT2D eigenvalue weighted by atomic mass is 15.3. The van der Waals surface area contributed by atoms with Crippen molar-refractivity contribution in [2.45, 2.75) is 39.7 Å². The third-order valence-electron chi connectivity index (χ3n) is 2.27. The molecule has 0 aliphatic carbocycles. The molecule has 1 aromatic heterocycles. The monoisotopic (exact) mass is 167 g/mol. The maximum Gasteiger partial charge on any atom is 0.148 e. The number of nitrogens with zero attached hydrogens (tertiary/aromatic N) is 2. The third kappa shape index (κ3) is 1.60. The molecule has 0 unspecified atom stereocenters. The van der Waals surface area contributed by atoms with Crippen LogP contribution < -0.4 is 5.73 Å². The second kappa shape index (κ2) is 3.61. The second-order valence-corrected chi connectivity index (χ2v) is 3.15. The Bertz CT molecular complexity index is 229. The molecule has 3 heteroatoms. The highest BCUT2D eigenvalue weighted by Crippen LogP contribution is 2.17. The summed E-state index contributed by atoms with van der Waals surface area (Å²) in [6, 6.07) is 0.501. The lowest BCUT2D eigenvalue weighted by atomic mass is 10.2. The van der Waals surface area contributed by atoms with Gasteiger partial charge in [0.05, 0.1) is 6.04 Å². The normalized spacial score (nSPS) is 11.0. The van der Waals surface area contributed by atoms with Crippen LogP contribution in [0.25, 0.3) is 0 Å². The number of rotatable bonds is 3. The maximum absolute atomic E-state index is 5.66. The summed E-state index contributed by atoms with van der Waals surface area (Å²) in [5.41, 5.74) is 6.73. The van der Waals surface area contributed by atoms with E-state index in [1.807, 2.05) is 17.8 Å². The van der Waals surface area contributed by atoms with E-state index in [1.54, 1.807) is 0 Å². The van der Waals surface area contributed by atoms with Crippen molar-refractivity contribution < 1.29 is 0 Å². The lowest BCUT2D eigenvalue weighted by Crippen LogP contribution is -2.07. The molecule has 0 atom stereocenters. The number of hydrogen-bond donors (Lipinski definition) is 1. The highest BCUT2D eigenvalue weighted by molar-refractivity contribution is 5.35. The standard InChI is InChI=1S/C9H17N3/c1-4-8(5-2)12-6-7(3)9(10)11-12/h6,8H,4-5H2,1-3H3,(H2,10,11). The number of anilines is 1. The average molecular weight is 167 g/mol. The molecule has 0 bridgehead atoms. The fourth-order valence-corrected chi connectivity index (χ4v) is 1.35. The van der Waals surface area contributed by atoms with Gasteiger partial charge in [-0.15, -0.1) is 0 Å². The fraction of sp³-hybridized carbons (Fsp3) is 0.667. The first-order valence-corrected chi connectivity index (χ1v) is 4.50. The molecule has 2 N–H and O–H groups in total. The van der Waals surface area contributed by atoms with Crippen molar-refractivity contribution in [1.29, 1.82) is 0 Å². The highest BCUT2D eigenvalue weighted by Gasteiger charge is 2.08. The van der Waals surface area contributed by atoms with Crippen molar-refractivity contribution in [2.24, 2.45) is 0 Å². The molecule has 0 fully saturated rings. The van der Waals surface area contributed by atoms with Gasteiger partial charge >= 0.3 is 0 Å². The molecule has 0 aromatic carbocycles. The van der Waals surface area contributed by atoms with Gasteiger partial charge in [0.25, 0.3) is 0 Å². The Hall–Kier alpha value is -0.990. The molecule has 1 rings (SSSR count). The van der Waals surface area contributed by atoms with Crippen LogP contribution in [-0.4, -0.2) is 9.78 Å². The molecule has 1 heterocycles. The Morgan fingerprint density at radius 1 is 1.50 bits per heavy atom. The minimum atomic E-state index is 0.501. The van der Waals surface area contributed by atoms with E-state index < -0.39 is 0 Å². The van der Waals surface area contributed by atoms with Crippen LogP contribution in [0.2, 0.25) is 0 Å². The lowest BCUT2D eigenvalue weighted by molar-refractivity contribution is 0.429. The molecular formula is C9H17N3. The Morgan fingerprint density at radius 2 is 2.08 bits per heavy atom. The molecular weight excluding hydrogens is 150 g/mol. The smallest absolute Gasteiger partial charge is 0.148 e. The zero-order valence-electron chi connectivity index (χ0n) is 8.04. The molecule has 0 saturated carbocycles. The van der Waals surface area contributed by atoms with Gasteiger partial charge in [-0.05, 0) is 19.8 Å². The van der Waals surface area contributed by atoms with E-state index >= 15 is 0 Å². The predicted molar refractivity (Wildman–Crippen MR) is 51.0 cm³/mol. The van der Waals surface area contributed by atoms with Crippen LogP contribution in [-0.2, 0) is 0 Å². The number of aromatic nitrogens is 2. The van der Waals surface area contributed by atoms with Crippen molar-refractivity contribution in [1.82, 2.24) is 9.78 Å². The molecule has 0 amide bonds. The van der Waals surface area contributed by atoms with Crippen molar-refractivity contribution >= 4 is 5.82 Å². The average Bonchev–Trinajstić information content (AvgIpc) is 2.35. The molecule has 1 aromatic rings. The van der Waals surface area contributed by atoms with Crippen molar-refractivity contribution in [3.63, 3.8) is 0 Å². The van der Waals surface area contributed by atoms with Crippen LogP contribution in [0, 0.1) is 6.92 Å². The van der Waals surface area contributed by atoms with Crippen molar-refractivity contribution in [2.75, 3.05) is 5.73 Å². The van der Waals surface area contributed by atoms with Crippen LogP contribution in [0.3, 0.4) is 0 Å². The maximum atomic E-state index is 5.66. The van der Waals surface area contributed by atoms with Gasteiger partial charge in [-0.2, -0.15) is 5.10 Å². The van der Waals surface area contributed by atoms with Crippen LogP contribution in [0.1, 0.15) is 38.3 Å². The van der Waals surface area contributed by atoms with Gasteiger partial charge in [-0.25, -0.2) is 0 Å². The van der Waals surface area contributed by atoms with E-state index in [1.165, 1.54) is 0 Å². The number of hydrogen-bond acceptors (Lipinski definition) is 2. The summed E-state index contributed by atoms with van der Waals surface area (Å²) in [5, 5.41) is 4.25. The van der Waals surface area contributed by atoms with E-state index in [4.69, 9.17) is 5.73 Å². The fourth-order valence-electron chi connectivity index (χ4n) is 1.35. The van der Waals surface area contributed by atoms with Crippen LogP contribution >= 0.6 is 0 Å². The molecule has 0 aliphatic rings. The van der Waals surface area contributed by atoms with Gasteiger partial charge in [-0.1, -0.05) is 13.8 Å². The number of nitrogen functional groups attached to an aromatic ring is 1. The Morgan fingerprint density at radius 3 is 2.42 bits per heavy atom. The van der Waals surface area contributed by atoms with E-state index in [0.29, 0.717) is 11.9 Å². The van der Waals surface area contributed by atoms with Crippen LogP contribution in [0.5, 0.6) is 0 Å². The molecule has 12 heavy (non-hydrogen) atoms. The topological polar surface area (TPSA) is 43.8 Å². The molecule has 0 spiro atoms. The quantitative estimate of drug-likeness (QED) is 0.749.